The van der Waals surface area contributed by atoms with Crippen molar-refractivity contribution in [3.63, 3.8) is 0 Å². The topological polar surface area (TPSA) is 21.3 Å². The molecule has 0 radical (unpaired) electrons. The molecule has 0 heterocycles. The second-order valence-corrected chi connectivity index (χ2v) is 5.46. The minimum Gasteiger partial charge on any atom is -0.296 e. The summed E-state index contributed by atoms with van der Waals surface area (Å²) in [5.41, 5.74) is 3.14. The SMILES string of the molecule is CCC1CCC(NOC(C)(C)C)CC1. The van der Waals surface area contributed by atoms with Crippen LogP contribution >= 0.6 is 0 Å². The normalized spacial score (nSPS) is 29.1. The first-order chi connectivity index (χ1) is 6.51. The van der Waals surface area contributed by atoms with E-state index in [4.69, 9.17) is 4.84 Å². The molecular formula is C12H25NO. The molecule has 14 heavy (non-hydrogen) atoms. The van der Waals surface area contributed by atoms with Crippen LogP contribution in [0.3, 0.4) is 0 Å². The van der Waals surface area contributed by atoms with Gasteiger partial charge in [-0.05, 0) is 52.4 Å². The molecule has 0 atom stereocenters. The fourth-order valence-electron chi connectivity index (χ4n) is 1.95. The van der Waals surface area contributed by atoms with E-state index in [2.05, 4.69) is 33.2 Å². The van der Waals surface area contributed by atoms with Crippen LogP contribution < -0.4 is 5.48 Å². The van der Waals surface area contributed by atoms with E-state index in [-0.39, 0.29) is 5.60 Å². The van der Waals surface area contributed by atoms with Gasteiger partial charge in [0, 0.05) is 6.04 Å². The standard InChI is InChI=1S/C12H25NO/c1-5-10-6-8-11(9-7-10)13-14-12(2,3)4/h10-11,13H,5-9H2,1-4H3. The number of nitrogens with one attached hydrogen (secondary N) is 1. The summed E-state index contributed by atoms with van der Waals surface area (Å²) in [6, 6.07) is 0.581. The highest BCUT2D eigenvalue weighted by atomic mass is 16.7. The van der Waals surface area contributed by atoms with Crippen molar-refractivity contribution in [1.82, 2.24) is 5.48 Å². The molecule has 2 heteroatoms. The molecule has 0 aromatic heterocycles. The molecule has 1 rings (SSSR count). The fraction of sp³-hybridized carbons (Fsp3) is 1.00. The van der Waals surface area contributed by atoms with E-state index in [9.17, 15) is 0 Å². The Morgan fingerprint density at radius 2 is 1.71 bits per heavy atom. The molecule has 0 amide bonds. The Morgan fingerprint density at radius 1 is 1.14 bits per heavy atom. The molecule has 0 unspecified atom stereocenters. The van der Waals surface area contributed by atoms with Gasteiger partial charge < -0.3 is 0 Å². The van der Waals surface area contributed by atoms with Crippen molar-refractivity contribution in [3.05, 3.63) is 0 Å². The Hall–Kier alpha value is -0.0800. The van der Waals surface area contributed by atoms with Crippen molar-refractivity contribution in [3.8, 4) is 0 Å². The van der Waals surface area contributed by atoms with Crippen molar-refractivity contribution >= 4 is 0 Å². The molecule has 0 aliphatic heterocycles. The Labute approximate surface area is 88.4 Å². The first-order valence-corrected chi connectivity index (χ1v) is 5.95. The summed E-state index contributed by atoms with van der Waals surface area (Å²) in [6.45, 7) is 8.54. The third-order valence-corrected chi connectivity index (χ3v) is 2.96. The Bertz CT molecular complexity index is 154. The lowest BCUT2D eigenvalue weighted by atomic mass is 9.85. The first-order valence-electron chi connectivity index (χ1n) is 5.95. The molecular weight excluding hydrogens is 174 g/mol. The molecule has 0 aromatic carbocycles. The van der Waals surface area contributed by atoms with Gasteiger partial charge in [0.25, 0.3) is 0 Å². The average molecular weight is 199 g/mol. The molecule has 0 saturated heterocycles. The number of rotatable bonds is 3. The second kappa shape index (κ2) is 5.13. The Morgan fingerprint density at radius 3 is 2.14 bits per heavy atom. The summed E-state index contributed by atoms with van der Waals surface area (Å²) < 4.78 is 0. The highest BCUT2D eigenvalue weighted by Gasteiger charge is 2.21. The third kappa shape index (κ3) is 4.43. The molecule has 1 saturated carbocycles. The smallest absolute Gasteiger partial charge is 0.0813 e. The summed E-state index contributed by atoms with van der Waals surface area (Å²) in [6.07, 6.45) is 6.61. The van der Waals surface area contributed by atoms with E-state index in [1.165, 1.54) is 32.1 Å². The van der Waals surface area contributed by atoms with Crippen LogP contribution in [0, 0.1) is 5.92 Å². The van der Waals surface area contributed by atoms with Gasteiger partial charge in [-0.25, -0.2) is 0 Å². The van der Waals surface area contributed by atoms with Crippen molar-refractivity contribution in [1.29, 1.82) is 0 Å². The van der Waals surface area contributed by atoms with Gasteiger partial charge in [-0.3, -0.25) is 4.84 Å². The van der Waals surface area contributed by atoms with Crippen LogP contribution in [0.25, 0.3) is 0 Å². The van der Waals surface area contributed by atoms with Crippen LogP contribution in [0.5, 0.6) is 0 Å². The molecule has 0 aromatic rings. The zero-order chi connectivity index (χ0) is 10.6. The van der Waals surface area contributed by atoms with E-state index < -0.39 is 0 Å². The highest BCUT2D eigenvalue weighted by Crippen LogP contribution is 2.26. The van der Waals surface area contributed by atoms with Gasteiger partial charge in [-0.15, -0.1) is 0 Å². The van der Waals surface area contributed by atoms with Crippen LogP contribution in [0.15, 0.2) is 0 Å². The highest BCUT2D eigenvalue weighted by molar-refractivity contribution is 4.74. The summed E-state index contributed by atoms with van der Waals surface area (Å²) in [7, 11) is 0. The third-order valence-electron chi connectivity index (χ3n) is 2.96. The van der Waals surface area contributed by atoms with E-state index in [0.29, 0.717) is 6.04 Å². The van der Waals surface area contributed by atoms with Crippen molar-refractivity contribution in [2.75, 3.05) is 0 Å². The van der Waals surface area contributed by atoms with Crippen molar-refractivity contribution in [2.45, 2.75) is 71.4 Å². The van der Waals surface area contributed by atoms with Crippen LogP contribution in [-0.2, 0) is 4.84 Å². The quantitative estimate of drug-likeness (QED) is 0.704. The predicted octanol–water partition coefficient (Wildman–Crippen LogP) is 3.27. The van der Waals surface area contributed by atoms with Gasteiger partial charge in [-0.2, -0.15) is 5.48 Å². The van der Waals surface area contributed by atoms with Crippen LogP contribution in [0.1, 0.15) is 59.8 Å². The summed E-state index contributed by atoms with van der Waals surface area (Å²) in [4.78, 5) is 5.59. The molecule has 2 nitrogen and oxygen atoms in total. The van der Waals surface area contributed by atoms with E-state index in [1.807, 2.05) is 0 Å². The number of hydrogen-bond acceptors (Lipinski definition) is 2. The lowest BCUT2D eigenvalue weighted by Crippen LogP contribution is -2.38. The van der Waals surface area contributed by atoms with E-state index in [0.717, 1.165) is 5.92 Å². The van der Waals surface area contributed by atoms with Crippen LogP contribution in [0.4, 0.5) is 0 Å². The van der Waals surface area contributed by atoms with E-state index in [1.54, 1.807) is 0 Å². The van der Waals surface area contributed by atoms with Gasteiger partial charge in [0.15, 0.2) is 0 Å². The molecule has 0 bridgehead atoms. The maximum Gasteiger partial charge on any atom is 0.0813 e. The fourth-order valence-corrected chi connectivity index (χ4v) is 1.95. The molecule has 84 valence electrons. The van der Waals surface area contributed by atoms with Gasteiger partial charge in [-0.1, -0.05) is 13.3 Å². The average Bonchev–Trinajstić information content (AvgIpc) is 2.14. The number of hydrogen-bond donors (Lipinski definition) is 1. The zero-order valence-electron chi connectivity index (χ0n) is 10.1. The lowest BCUT2D eigenvalue weighted by Gasteiger charge is -2.30. The van der Waals surface area contributed by atoms with Crippen molar-refractivity contribution in [2.24, 2.45) is 5.92 Å². The minimum absolute atomic E-state index is 0.0679. The van der Waals surface area contributed by atoms with Gasteiger partial charge in [0.05, 0.1) is 5.60 Å². The van der Waals surface area contributed by atoms with Gasteiger partial charge in [0.1, 0.15) is 0 Å². The van der Waals surface area contributed by atoms with E-state index >= 15 is 0 Å². The van der Waals surface area contributed by atoms with Gasteiger partial charge in [0.2, 0.25) is 0 Å². The molecule has 1 N–H and O–H groups in total. The van der Waals surface area contributed by atoms with Crippen LogP contribution in [-0.4, -0.2) is 11.6 Å². The first kappa shape index (κ1) is 12.0. The monoisotopic (exact) mass is 199 g/mol. The summed E-state index contributed by atoms with van der Waals surface area (Å²) in [5.74, 6) is 0.961. The summed E-state index contributed by atoms with van der Waals surface area (Å²) in [5, 5.41) is 0. The molecule has 1 fully saturated rings. The number of hydroxylamine groups is 1. The molecule has 0 spiro atoms. The zero-order valence-corrected chi connectivity index (χ0v) is 10.1. The molecule has 1 aliphatic rings. The largest absolute Gasteiger partial charge is 0.296 e. The predicted molar refractivity (Wildman–Crippen MR) is 60.0 cm³/mol. The lowest BCUT2D eigenvalue weighted by molar-refractivity contribution is -0.0941. The Kier molecular flexibility index (Phi) is 4.39. The van der Waals surface area contributed by atoms with Crippen molar-refractivity contribution < 1.29 is 4.84 Å². The second-order valence-electron chi connectivity index (χ2n) is 5.46. The maximum absolute atomic E-state index is 5.59. The van der Waals surface area contributed by atoms with Gasteiger partial charge >= 0.3 is 0 Å². The molecule has 1 aliphatic carbocycles. The maximum atomic E-state index is 5.59. The summed E-state index contributed by atoms with van der Waals surface area (Å²) >= 11 is 0. The minimum atomic E-state index is -0.0679. The Balaban J connectivity index is 2.16. The van der Waals surface area contributed by atoms with Crippen LogP contribution in [0.2, 0.25) is 0 Å².